The summed E-state index contributed by atoms with van der Waals surface area (Å²) in [5, 5.41) is 21.9. The molecule has 2 rings (SSSR count). The third-order valence-corrected chi connectivity index (χ3v) is 3.45. The second-order valence-corrected chi connectivity index (χ2v) is 5.24. The smallest absolute Gasteiger partial charge is 0.339 e. The molecule has 2 aromatic carbocycles. The van der Waals surface area contributed by atoms with E-state index in [-0.39, 0.29) is 11.3 Å². The molecule has 0 aliphatic rings. The lowest BCUT2D eigenvalue weighted by atomic mass is 10.1. The molecule has 3 N–H and O–H groups in total. The van der Waals surface area contributed by atoms with Crippen molar-refractivity contribution in [1.29, 1.82) is 0 Å². The number of aromatic carboxylic acids is 1. The molecular formula is C17H20N2O3. The van der Waals surface area contributed by atoms with E-state index >= 15 is 0 Å². The van der Waals surface area contributed by atoms with Gasteiger partial charge >= 0.3 is 5.97 Å². The number of anilines is 2. The van der Waals surface area contributed by atoms with Gasteiger partial charge in [-0.1, -0.05) is 18.2 Å². The minimum Gasteiger partial charge on any atom is -0.505 e. The minimum atomic E-state index is -1.14. The number of hydrogen-bond donors (Lipinski definition) is 3. The maximum Gasteiger partial charge on any atom is 0.339 e. The topological polar surface area (TPSA) is 72.8 Å². The monoisotopic (exact) mass is 300 g/mol. The van der Waals surface area contributed by atoms with Gasteiger partial charge in [-0.05, 0) is 36.2 Å². The number of nitrogens with zero attached hydrogens (tertiary/aromatic N) is 1. The molecule has 116 valence electrons. The van der Waals surface area contributed by atoms with Gasteiger partial charge < -0.3 is 20.4 Å². The van der Waals surface area contributed by atoms with Crippen molar-refractivity contribution < 1.29 is 15.0 Å². The summed E-state index contributed by atoms with van der Waals surface area (Å²) in [5.74, 6) is -1.36. The summed E-state index contributed by atoms with van der Waals surface area (Å²) in [5.41, 5.74) is 2.65. The average molecular weight is 300 g/mol. The highest BCUT2D eigenvalue weighted by Gasteiger charge is 2.12. The first-order chi connectivity index (χ1) is 10.5. The zero-order chi connectivity index (χ0) is 16.1. The molecule has 0 atom stereocenters. The lowest BCUT2D eigenvalue weighted by Crippen LogP contribution is -2.09. The van der Waals surface area contributed by atoms with E-state index in [1.807, 2.05) is 19.0 Å². The average Bonchev–Trinajstić information content (AvgIpc) is 2.49. The second-order valence-electron chi connectivity index (χ2n) is 5.24. The summed E-state index contributed by atoms with van der Waals surface area (Å²) in [6.45, 7) is 0.609. The van der Waals surface area contributed by atoms with Crippen LogP contribution in [0.3, 0.4) is 0 Å². The number of para-hydroxylation sites is 1. The van der Waals surface area contributed by atoms with Crippen LogP contribution in [-0.2, 0) is 6.42 Å². The van der Waals surface area contributed by atoms with Crippen molar-refractivity contribution in [3.8, 4) is 5.75 Å². The molecule has 0 aromatic heterocycles. The molecule has 0 amide bonds. The van der Waals surface area contributed by atoms with Gasteiger partial charge in [-0.25, -0.2) is 4.79 Å². The standard InChI is InChI=1S/C17H20N2O3/c1-19(2)13-8-6-12(7-9-13)10-11-18-15-5-3-4-14(16(15)20)17(21)22/h3-9,18,20H,10-11H2,1-2H3,(H,21,22). The molecular weight excluding hydrogens is 280 g/mol. The number of carbonyl (C=O) groups is 1. The number of phenols is 1. The fourth-order valence-corrected chi connectivity index (χ4v) is 2.16. The van der Waals surface area contributed by atoms with Crippen molar-refractivity contribution >= 4 is 17.3 Å². The van der Waals surface area contributed by atoms with Crippen LogP contribution in [0.1, 0.15) is 15.9 Å². The van der Waals surface area contributed by atoms with E-state index in [4.69, 9.17) is 5.11 Å². The molecule has 2 aromatic rings. The number of hydrogen-bond acceptors (Lipinski definition) is 4. The maximum absolute atomic E-state index is 11.0. The molecule has 0 aliphatic carbocycles. The fourth-order valence-electron chi connectivity index (χ4n) is 2.16. The Morgan fingerprint density at radius 3 is 2.41 bits per heavy atom. The van der Waals surface area contributed by atoms with Gasteiger partial charge in [0.05, 0.1) is 5.69 Å². The van der Waals surface area contributed by atoms with Crippen LogP contribution in [-0.4, -0.2) is 36.8 Å². The molecule has 0 spiro atoms. The number of nitrogens with one attached hydrogen (secondary N) is 1. The van der Waals surface area contributed by atoms with E-state index in [2.05, 4.69) is 29.6 Å². The molecule has 0 fully saturated rings. The number of carboxylic acids is 1. The van der Waals surface area contributed by atoms with Gasteiger partial charge in [0.25, 0.3) is 0 Å². The summed E-state index contributed by atoms with van der Waals surface area (Å²) >= 11 is 0. The highest BCUT2D eigenvalue weighted by Crippen LogP contribution is 2.27. The lowest BCUT2D eigenvalue weighted by molar-refractivity contribution is 0.0694. The maximum atomic E-state index is 11.0. The Bertz CT molecular complexity index is 651. The Morgan fingerprint density at radius 2 is 1.82 bits per heavy atom. The zero-order valence-corrected chi connectivity index (χ0v) is 12.7. The Morgan fingerprint density at radius 1 is 1.14 bits per heavy atom. The Balaban J connectivity index is 1.96. The van der Waals surface area contributed by atoms with Crippen LogP contribution in [0.5, 0.6) is 5.75 Å². The van der Waals surface area contributed by atoms with Crippen LogP contribution in [0.15, 0.2) is 42.5 Å². The number of carboxylic acid groups (broad SMARTS) is 1. The van der Waals surface area contributed by atoms with Crippen LogP contribution in [0.25, 0.3) is 0 Å². The molecule has 0 saturated heterocycles. The first-order valence-corrected chi connectivity index (χ1v) is 7.04. The molecule has 0 aliphatic heterocycles. The Hall–Kier alpha value is -2.69. The number of benzene rings is 2. The summed E-state index contributed by atoms with van der Waals surface area (Å²) in [7, 11) is 3.99. The predicted molar refractivity (Wildman–Crippen MR) is 88.0 cm³/mol. The van der Waals surface area contributed by atoms with Crippen LogP contribution in [0.4, 0.5) is 11.4 Å². The van der Waals surface area contributed by atoms with Gasteiger partial charge in [0.1, 0.15) is 5.56 Å². The summed E-state index contributed by atoms with van der Waals surface area (Å²) in [4.78, 5) is 13.0. The van der Waals surface area contributed by atoms with E-state index < -0.39 is 5.97 Å². The highest BCUT2D eigenvalue weighted by molar-refractivity contribution is 5.93. The van der Waals surface area contributed by atoms with Gasteiger partial charge in [0, 0.05) is 26.3 Å². The van der Waals surface area contributed by atoms with Crippen LogP contribution < -0.4 is 10.2 Å². The van der Waals surface area contributed by atoms with Crippen molar-refractivity contribution in [3.63, 3.8) is 0 Å². The van der Waals surface area contributed by atoms with Crippen LogP contribution in [0.2, 0.25) is 0 Å². The third-order valence-electron chi connectivity index (χ3n) is 3.45. The first kappa shape index (κ1) is 15.7. The quantitative estimate of drug-likeness (QED) is 0.715. The SMILES string of the molecule is CN(C)c1ccc(CCNc2cccc(C(=O)O)c2O)cc1. The van der Waals surface area contributed by atoms with E-state index in [0.29, 0.717) is 12.2 Å². The molecule has 5 nitrogen and oxygen atoms in total. The number of aromatic hydroxyl groups is 1. The van der Waals surface area contributed by atoms with Crippen LogP contribution in [0, 0.1) is 0 Å². The highest BCUT2D eigenvalue weighted by atomic mass is 16.4. The van der Waals surface area contributed by atoms with Crippen molar-refractivity contribution in [1.82, 2.24) is 0 Å². The molecule has 5 heteroatoms. The van der Waals surface area contributed by atoms with Gasteiger partial charge in [0.2, 0.25) is 0 Å². The van der Waals surface area contributed by atoms with E-state index in [9.17, 15) is 9.90 Å². The third kappa shape index (κ3) is 3.69. The first-order valence-electron chi connectivity index (χ1n) is 7.04. The van der Waals surface area contributed by atoms with Gasteiger partial charge in [-0.15, -0.1) is 0 Å². The van der Waals surface area contributed by atoms with Crippen molar-refractivity contribution in [2.45, 2.75) is 6.42 Å². The molecule has 22 heavy (non-hydrogen) atoms. The van der Waals surface area contributed by atoms with E-state index in [1.165, 1.54) is 11.6 Å². The van der Waals surface area contributed by atoms with Crippen molar-refractivity contribution in [2.75, 3.05) is 30.9 Å². The molecule has 0 heterocycles. The van der Waals surface area contributed by atoms with E-state index in [0.717, 1.165) is 12.1 Å². The molecule has 0 unspecified atom stereocenters. The molecule has 0 bridgehead atoms. The molecule has 0 radical (unpaired) electrons. The van der Waals surface area contributed by atoms with Crippen molar-refractivity contribution in [3.05, 3.63) is 53.6 Å². The van der Waals surface area contributed by atoms with Gasteiger partial charge in [-0.3, -0.25) is 0 Å². The normalized spacial score (nSPS) is 10.3. The van der Waals surface area contributed by atoms with E-state index in [1.54, 1.807) is 12.1 Å². The summed E-state index contributed by atoms with van der Waals surface area (Å²) < 4.78 is 0. The minimum absolute atomic E-state index is 0.0969. The lowest BCUT2D eigenvalue weighted by Gasteiger charge is -2.13. The largest absolute Gasteiger partial charge is 0.505 e. The molecule has 0 saturated carbocycles. The zero-order valence-electron chi connectivity index (χ0n) is 12.7. The number of rotatable bonds is 6. The van der Waals surface area contributed by atoms with Crippen LogP contribution >= 0.6 is 0 Å². The predicted octanol–water partition coefficient (Wildman–Crippen LogP) is 2.81. The Labute approximate surface area is 129 Å². The second kappa shape index (κ2) is 6.85. The summed E-state index contributed by atoms with van der Waals surface area (Å²) in [6, 6.07) is 12.9. The van der Waals surface area contributed by atoms with Gasteiger partial charge in [-0.2, -0.15) is 0 Å². The fraction of sp³-hybridized carbons (Fsp3) is 0.235. The summed E-state index contributed by atoms with van der Waals surface area (Å²) in [6.07, 6.45) is 0.782. The Kier molecular flexibility index (Phi) is 4.88. The van der Waals surface area contributed by atoms with Gasteiger partial charge in [0.15, 0.2) is 5.75 Å². The van der Waals surface area contributed by atoms with Crippen molar-refractivity contribution in [2.24, 2.45) is 0 Å².